The summed E-state index contributed by atoms with van der Waals surface area (Å²) in [7, 11) is 0. The Balaban J connectivity index is 2.79. The summed E-state index contributed by atoms with van der Waals surface area (Å²) in [5.41, 5.74) is 0.622. The minimum Gasteiger partial charge on any atom is -0.258 e. The van der Waals surface area contributed by atoms with E-state index in [-0.39, 0.29) is 5.00 Å². The molecule has 0 unspecified atom stereocenters. The maximum absolute atomic E-state index is 10.4. The van der Waals surface area contributed by atoms with Crippen molar-refractivity contribution >= 4 is 28.1 Å². The number of rotatable bonds is 3. The Hall–Kier alpha value is -1.06. The molecule has 0 spiro atoms. The molecule has 6 heteroatoms. The van der Waals surface area contributed by atoms with Gasteiger partial charge >= 0.3 is 5.00 Å². The van der Waals surface area contributed by atoms with E-state index in [4.69, 9.17) is 5.26 Å². The van der Waals surface area contributed by atoms with Gasteiger partial charge in [0.2, 0.25) is 0 Å². The van der Waals surface area contributed by atoms with E-state index >= 15 is 0 Å². The molecule has 0 aliphatic heterocycles. The van der Waals surface area contributed by atoms with E-state index in [2.05, 4.69) is 0 Å². The highest BCUT2D eigenvalue weighted by atomic mass is 32.2. The Kier molecular flexibility index (Phi) is 3.08. The third-order valence-corrected chi connectivity index (χ3v) is 2.67. The van der Waals surface area contributed by atoms with Gasteiger partial charge in [-0.1, -0.05) is 11.3 Å². The van der Waals surface area contributed by atoms with E-state index in [1.807, 2.05) is 5.40 Å². The van der Waals surface area contributed by atoms with Crippen LogP contribution in [0.1, 0.15) is 5.56 Å². The van der Waals surface area contributed by atoms with Gasteiger partial charge in [0.05, 0.1) is 10.5 Å². The number of nitriles is 1. The number of thiocyanates is 1. The normalized spacial score (nSPS) is 9.25. The Bertz CT molecular complexity index is 329. The molecule has 0 fully saturated rings. The van der Waals surface area contributed by atoms with E-state index in [9.17, 15) is 10.1 Å². The van der Waals surface area contributed by atoms with Crippen molar-refractivity contribution in [2.24, 2.45) is 0 Å². The molecule has 1 aromatic rings. The Morgan fingerprint density at radius 1 is 1.83 bits per heavy atom. The second kappa shape index (κ2) is 4.09. The fourth-order valence-electron chi connectivity index (χ4n) is 0.708. The first-order chi connectivity index (χ1) is 5.75. The summed E-state index contributed by atoms with van der Waals surface area (Å²) < 4.78 is 0. The van der Waals surface area contributed by atoms with Crippen molar-refractivity contribution in [1.29, 1.82) is 5.26 Å². The highest BCUT2D eigenvalue weighted by molar-refractivity contribution is 8.03. The van der Waals surface area contributed by atoms with Crippen molar-refractivity contribution in [3.05, 3.63) is 27.1 Å². The molecule has 0 amide bonds. The molecule has 0 aliphatic carbocycles. The summed E-state index contributed by atoms with van der Waals surface area (Å²) in [6, 6.07) is 1.67. The number of nitro groups is 1. The van der Waals surface area contributed by atoms with Gasteiger partial charge in [0.25, 0.3) is 0 Å². The molecule has 0 N–H and O–H groups in total. The molecular formula is C6H4N2O2S2. The fourth-order valence-corrected chi connectivity index (χ4v) is 1.99. The third kappa shape index (κ3) is 1.96. The van der Waals surface area contributed by atoms with Crippen LogP contribution in [-0.4, -0.2) is 4.92 Å². The average Bonchev–Trinajstić information content (AvgIpc) is 2.48. The lowest BCUT2D eigenvalue weighted by atomic mass is 10.4. The second-order valence-corrected chi connectivity index (χ2v) is 3.54. The van der Waals surface area contributed by atoms with Crippen LogP contribution in [0.4, 0.5) is 5.00 Å². The first-order valence-corrected chi connectivity index (χ1v) is 4.84. The molecule has 1 aromatic heterocycles. The first kappa shape index (κ1) is 9.03. The average molecular weight is 200 g/mol. The molecule has 62 valence electrons. The van der Waals surface area contributed by atoms with Gasteiger partial charge in [-0.3, -0.25) is 10.1 Å². The van der Waals surface area contributed by atoms with Crippen molar-refractivity contribution in [2.45, 2.75) is 5.75 Å². The summed E-state index contributed by atoms with van der Waals surface area (Å²) in [5, 5.41) is 22.3. The number of nitrogens with zero attached hydrogens (tertiary/aromatic N) is 2. The highest BCUT2D eigenvalue weighted by Crippen LogP contribution is 2.28. The van der Waals surface area contributed by atoms with Crippen LogP contribution in [0.15, 0.2) is 11.4 Å². The smallest absolute Gasteiger partial charge is 0.258 e. The van der Waals surface area contributed by atoms with E-state index < -0.39 is 4.92 Å². The number of hydrogen-bond donors (Lipinski definition) is 0. The zero-order valence-electron chi connectivity index (χ0n) is 5.89. The van der Waals surface area contributed by atoms with Crippen LogP contribution in [0.2, 0.25) is 0 Å². The van der Waals surface area contributed by atoms with Crippen LogP contribution >= 0.6 is 23.1 Å². The molecule has 0 radical (unpaired) electrons. The van der Waals surface area contributed by atoms with Crippen LogP contribution in [0.3, 0.4) is 0 Å². The van der Waals surface area contributed by atoms with E-state index in [1.54, 1.807) is 11.4 Å². The number of thioether (sulfide) groups is 1. The zero-order chi connectivity index (χ0) is 8.97. The fraction of sp³-hybridized carbons (Fsp3) is 0.167. The predicted octanol–water partition coefficient (Wildman–Crippen LogP) is 2.37. The van der Waals surface area contributed by atoms with Gasteiger partial charge in [-0.15, -0.1) is 0 Å². The van der Waals surface area contributed by atoms with Gasteiger partial charge in [0, 0.05) is 5.75 Å². The summed E-state index contributed by atoms with van der Waals surface area (Å²) in [6.07, 6.45) is 0. The van der Waals surface area contributed by atoms with Crippen LogP contribution < -0.4 is 0 Å². The van der Waals surface area contributed by atoms with Crippen LogP contribution in [0.5, 0.6) is 0 Å². The maximum Gasteiger partial charge on any atom is 0.328 e. The molecule has 1 heterocycles. The van der Waals surface area contributed by atoms with Gasteiger partial charge in [-0.2, -0.15) is 5.26 Å². The van der Waals surface area contributed by atoms with Gasteiger partial charge < -0.3 is 0 Å². The SMILES string of the molecule is N#CSCc1ccsc1[N+](=O)[O-]. The van der Waals surface area contributed by atoms with Gasteiger partial charge in [-0.25, -0.2) is 0 Å². The molecule has 12 heavy (non-hydrogen) atoms. The number of hydrogen-bond acceptors (Lipinski definition) is 5. The van der Waals surface area contributed by atoms with Crippen LogP contribution in [-0.2, 0) is 5.75 Å². The lowest BCUT2D eigenvalue weighted by Crippen LogP contribution is -1.87. The molecule has 0 saturated carbocycles. The molecule has 0 aromatic carbocycles. The molecular weight excluding hydrogens is 196 g/mol. The molecule has 0 atom stereocenters. The van der Waals surface area contributed by atoms with Crippen molar-refractivity contribution in [3.63, 3.8) is 0 Å². The third-order valence-electron chi connectivity index (χ3n) is 1.18. The van der Waals surface area contributed by atoms with E-state index in [0.29, 0.717) is 11.3 Å². The molecule has 4 nitrogen and oxygen atoms in total. The molecule has 1 rings (SSSR count). The molecule has 0 aliphatic rings. The number of thiophene rings is 1. The Morgan fingerprint density at radius 3 is 3.17 bits per heavy atom. The summed E-state index contributed by atoms with van der Waals surface area (Å²) in [5.74, 6) is 0.385. The quantitative estimate of drug-likeness (QED) is 0.426. The Labute approximate surface area is 77.0 Å². The molecule has 0 saturated heterocycles. The monoisotopic (exact) mass is 200 g/mol. The first-order valence-electron chi connectivity index (χ1n) is 2.97. The van der Waals surface area contributed by atoms with Crippen molar-refractivity contribution in [1.82, 2.24) is 0 Å². The van der Waals surface area contributed by atoms with Gasteiger partial charge in [-0.05, 0) is 23.2 Å². The standard InChI is InChI=1S/C6H4N2O2S2/c7-4-11-3-5-1-2-12-6(5)8(9)10/h1-2H,3H2. The summed E-state index contributed by atoms with van der Waals surface area (Å²) >= 11 is 2.09. The second-order valence-electron chi connectivity index (χ2n) is 1.89. The highest BCUT2D eigenvalue weighted by Gasteiger charge is 2.14. The lowest BCUT2D eigenvalue weighted by molar-refractivity contribution is -0.380. The van der Waals surface area contributed by atoms with Gasteiger partial charge in [0.1, 0.15) is 5.40 Å². The topological polar surface area (TPSA) is 66.9 Å². The van der Waals surface area contributed by atoms with Crippen LogP contribution in [0, 0.1) is 20.8 Å². The van der Waals surface area contributed by atoms with Gasteiger partial charge in [0.15, 0.2) is 0 Å². The van der Waals surface area contributed by atoms with E-state index in [0.717, 1.165) is 23.1 Å². The van der Waals surface area contributed by atoms with Crippen molar-refractivity contribution < 1.29 is 4.92 Å². The Morgan fingerprint density at radius 2 is 2.58 bits per heavy atom. The van der Waals surface area contributed by atoms with E-state index in [1.165, 1.54) is 0 Å². The predicted molar refractivity (Wildman–Crippen MR) is 47.9 cm³/mol. The summed E-state index contributed by atoms with van der Waals surface area (Å²) in [6.45, 7) is 0. The minimum atomic E-state index is -0.419. The zero-order valence-corrected chi connectivity index (χ0v) is 7.52. The maximum atomic E-state index is 10.4. The van der Waals surface area contributed by atoms with Crippen LogP contribution in [0.25, 0.3) is 0 Å². The lowest BCUT2D eigenvalue weighted by Gasteiger charge is -1.89. The largest absolute Gasteiger partial charge is 0.328 e. The molecule has 0 bridgehead atoms. The van der Waals surface area contributed by atoms with Crippen molar-refractivity contribution in [3.8, 4) is 5.40 Å². The minimum absolute atomic E-state index is 0.137. The summed E-state index contributed by atoms with van der Waals surface area (Å²) in [4.78, 5) is 9.95. The van der Waals surface area contributed by atoms with Crippen molar-refractivity contribution in [2.75, 3.05) is 0 Å².